The van der Waals surface area contributed by atoms with Gasteiger partial charge in [0.25, 0.3) is 5.91 Å². The first-order valence-electron chi connectivity index (χ1n) is 7.62. The van der Waals surface area contributed by atoms with Gasteiger partial charge >= 0.3 is 0 Å². The number of nitrogens with one attached hydrogen (secondary N) is 1. The zero-order valence-corrected chi connectivity index (χ0v) is 14.4. The van der Waals surface area contributed by atoms with E-state index in [0.717, 1.165) is 23.4 Å². The second-order valence-corrected chi connectivity index (χ2v) is 5.54. The summed E-state index contributed by atoms with van der Waals surface area (Å²) in [5.41, 5.74) is 3.49. The molecule has 1 heterocycles. The summed E-state index contributed by atoms with van der Waals surface area (Å²) < 4.78 is 7.09. The predicted molar refractivity (Wildman–Crippen MR) is 91.1 cm³/mol. The van der Waals surface area contributed by atoms with Gasteiger partial charge in [-0.1, -0.05) is 13.0 Å². The first kappa shape index (κ1) is 16.9. The second-order valence-electron chi connectivity index (χ2n) is 5.54. The number of hydrogen-bond acceptors (Lipinski definition) is 4. The Kier molecular flexibility index (Phi) is 5.26. The van der Waals surface area contributed by atoms with Gasteiger partial charge in [0.2, 0.25) is 5.88 Å². The van der Waals surface area contributed by atoms with Gasteiger partial charge in [0.1, 0.15) is 0 Å². The van der Waals surface area contributed by atoms with Crippen LogP contribution in [0.2, 0.25) is 0 Å². The standard InChI is InChI=1S/C17H24N4O2/c1-6-15-14(17(23-5)21(4)19-15)11-18-16(22)12-8-7-9-13(10-12)20(2)3/h7-10H,6,11H2,1-5H3,(H,18,22). The van der Waals surface area contributed by atoms with Crippen molar-refractivity contribution in [2.75, 3.05) is 26.1 Å². The summed E-state index contributed by atoms with van der Waals surface area (Å²) in [4.78, 5) is 14.4. The van der Waals surface area contributed by atoms with Crippen LogP contribution in [0, 0.1) is 0 Å². The fourth-order valence-corrected chi connectivity index (χ4v) is 2.52. The number of anilines is 1. The highest BCUT2D eigenvalue weighted by Gasteiger charge is 2.17. The Balaban J connectivity index is 2.15. The van der Waals surface area contributed by atoms with Crippen LogP contribution in [-0.2, 0) is 20.0 Å². The zero-order chi connectivity index (χ0) is 17.0. The molecule has 0 aliphatic heterocycles. The molecule has 124 valence electrons. The van der Waals surface area contributed by atoms with Crippen molar-refractivity contribution in [3.8, 4) is 5.88 Å². The number of aromatic nitrogens is 2. The van der Waals surface area contributed by atoms with Gasteiger partial charge in [-0.15, -0.1) is 0 Å². The number of aryl methyl sites for hydroxylation is 2. The van der Waals surface area contributed by atoms with Gasteiger partial charge in [0.15, 0.2) is 0 Å². The molecule has 0 spiro atoms. The van der Waals surface area contributed by atoms with E-state index in [1.54, 1.807) is 11.8 Å². The molecule has 1 N–H and O–H groups in total. The van der Waals surface area contributed by atoms with Crippen LogP contribution in [0.4, 0.5) is 5.69 Å². The van der Waals surface area contributed by atoms with E-state index in [-0.39, 0.29) is 5.91 Å². The Hall–Kier alpha value is -2.50. The first-order chi connectivity index (χ1) is 11.0. The molecule has 6 heteroatoms. The Bertz CT molecular complexity index is 692. The maximum absolute atomic E-state index is 12.4. The molecule has 0 aliphatic carbocycles. The molecule has 23 heavy (non-hydrogen) atoms. The van der Waals surface area contributed by atoms with Crippen LogP contribution in [-0.4, -0.2) is 36.9 Å². The number of methoxy groups -OCH3 is 1. The number of hydrogen-bond donors (Lipinski definition) is 1. The topological polar surface area (TPSA) is 59.4 Å². The predicted octanol–water partition coefficient (Wildman–Crippen LogP) is 1.99. The smallest absolute Gasteiger partial charge is 0.251 e. The molecule has 1 amide bonds. The lowest BCUT2D eigenvalue weighted by molar-refractivity contribution is 0.0950. The van der Waals surface area contributed by atoms with E-state index in [0.29, 0.717) is 18.0 Å². The molecule has 1 aromatic heterocycles. The lowest BCUT2D eigenvalue weighted by atomic mass is 10.1. The van der Waals surface area contributed by atoms with Crippen LogP contribution in [0.3, 0.4) is 0 Å². The summed E-state index contributed by atoms with van der Waals surface area (Å²) in [6.07, 6.45) is 0.790. The molecule has 0 saturated heterocycles. The van der Waals surface area contributed by atoms with E-state index in [1.165, 1.54) is 0 Å². The van der Waals surface area contributed by atoms with Gasteiger partial charge in [-0.3, -0.25) is 4.79 Å². The van der Waals surface area contributed by atoms with Gasteiger partial charge in [-0.2, -0.15) is 5.10 Å². The molecule has 0 atom stereocenters. The monoisotopic (exact) mass is 316 g/mol. The number of benzene rings is 1. The van der Waals surface area contributed by atoms with Crippen molar-refractivity contribution in [3.05, 3.63) is 41.1 Å². The summed E-state index contributed by atoms with van der Waals surface area (Å²) in [6.45, 7) is 2.43. The summed E-state index contributed by atoms with van der Waals surface area (Å²) in [5, 5.41) is 7.37. The summed E-state index contributed by atoms with van der Waals surface area (Å²) in [7, 11) is 7.35. The SMILES string of the molecule is CCc1nn(C)c(OC)c1CNC(=O)c1cccc(N(C)C)c1. The van der Waals surface area contributed by atoms with Crippen molar-refractivity contribution >= 4 is 11.6 Å². The van der Waals surface area contributed by atoms with E-state index in [1.807, 2.05) is 57.2 Å². The molecule has 0 aliphatic rings. The van der Waals surface area contributed by atoms with Crippen LogP contribution in [0.15, 0.2) is 24.3 Å². The maximum Gasteiger partial charge on any atom is 0.251 e. The van der Waals surface area contributed by atoms with Gasteiger partial charge in [0, 0.05) is 32.4 Å². The number of carbonyl (C=O) groups is 1. The van der Waals surface area contributed by atoms with E-state index in [4.69, 9.17) is 4.74 Å². The number of rotatable bonds is 6. The van der Waals surface area contributed by atoms with Crippen LogP contribution < -0.4 is 15.0 Å². The summed E-state index contributed by atoms with van der Waals surface area (Å²) in [6, 6.07) is 7.53. The molecule has 2 aromatic rings. The third-order valence-electron chi connectivity index (χ3n) is 3.75. The third kappa shape index (κ3) is 3.64. The van der Waals surface area contributed by atoms with Crippen molar-refractivity contribution in [1.29, 1.82) is 0 Å². The highest BCUT2D eigenvalue weighted by atomic mass is 16.5. The zero-order valence-electron chi connectivity index (χ0n) is 14.4. The molecule has 0 fully saturated rings. The van der Waals surface area contributed by atoms with Crippen molar-refractivity contribution in [2.24, 2.45) is 7.05 Å². The van der Waals surface area contributed by atoms with Crippen LogP contribution in [0.25, 0.3) is 0 Å². The molecule has 0 bridgehead atoms. The van der Waals surface area contributed by atoms with E-state index in [2.05, 4.69) is 10.4 Å². The average molecular weight is 316 g/mol. The molecule has 0 radical (unpaired) electrons. The lowest BCUT2D eigenvalue weighted by Crippen LogP contribution is -2.23. The molecule has 6 nitrogen and oxygen atoms in total. The number of amides is 1. The normalized spacial score (nSPS) is 10.5. The molecular weight excluding hydrogens is 292 g/mol. The fraction of sp³-hybridized carbons (Fsp3) is 0.412. The maximum atomic E-state index is 12.4. The molecule has 0 saturated carbocycles. The van der Waals surface area contributed by atoms with Crippen LogP contribution >= 0.6 is 0 Å². The minimum Gasteiger partial charge on any atom is -0.481 e. The third-order valence-corrected chi connectivity index (χ3v) is 3.75. The minimum absolute atomic E-state index is 0.110. The molecule has 1 aromatic carbocycles. The lowest BCUT2D eigenvalue weighted by Gasteiger charge is -2.13. The highest BCUT2D eigenvalue weighted by Crippen LogP contribution is 2.22. The molecule has 0 unspecified atom stereocenters. The van der Waals surface area contributed by atoms with Crippen LogP contribution in [0.5, 0.6) is 5.88 Å². The Morgan fingerprint density at radius 1 is 1.39 bits per heavy atom. The second kappa shape index (κ2) is 7.17. The summed E-state index contributed by atoms with van der Waals surface area (Å²) in [5.74, 6) is 0.575. The Morgan fingerprint density at radius 3 is 2.74 bits per heavy atom. The largest absolute Gasteiger partial charge is 0.481 e. The first-order valence-corrected chi connectivity index (χ1v) is 7.62. The number of nitrogens with zero attached hydrogens (tertiary/aromatic N) is 3. The van der Waals surface area contributed by atoms with Crippen molar-refractivity contribution in [1.82, 2.24) is 15.1 Å². The Morgan fingerprint density at radius 2 is 2.13 bits per heavy atom. The van der Waals surface area contributed by atoms with Crippen molar-refractivity contribution in [3.63, 3.8) is 0 Å². The average Bonchev–Trinajstić information content (AvgIpc) is 2.87. The van der Waals surface area contributed by atoms with Crippen molar-refractivity contribution < 1.29 is 9.53 Å². The van der Waals surface area contributed by atoms with Gasteiger partial charge < -0.3 is 15.0 Å². The number of ether oxygens (including phenoxy) is 1. The quantitative estimate of drug-likeness (QED) is 0.885. The molecule has 2 rings (SSSR count). The summed E-state index contributed by atoms with van der Waals surface area (Å²) >= 11 is 0. The minimum atomic E-state index is -0.110. The fourth-order valence-electron chi connectivity index (χ4n) is 2.52. The van der Waals surface area contributed by atoms with Crippen LogP contribution in [0.1, 0.15) is 28.5 Å². The van der Waals surface area contributed by atoms with E-state index < -0.39 is 0 Å². The van der Waals surface area contributed by atoms with Gasteiger partial charge in [-0.25, -0.2) is 4.68 Å². The Labute approximate surface area is 137 Å². The van der Waals surface area contributed by atoms with E-state index in [9.17, 15) is 4.79 Å². The van der Waals surface area contributed by atoms with E-state index >= 15 is 0 Å². The molecular formula is C17H24N4O2. The number of carbonyl (C=O) groups excluding carboxylic acids is 1. The highest BCUT2D eigenvalue weighted by molar-refractivity contribution is 5.95. The van der Waals surface area contributed by atoms with Gasteiger partial charge in [-0.05, 0) is 24.6 Å². The van der Waals surface area contributed by atoms with Crippen molar-refractivity contribution in [2.45, 2.75) is 19.9 Å². The van der Waals surface area contributed by atoms with Gasteiger partial charge in [0.05, 0.1) is 24.9 Å².